The van der Waals surface area contributed by atoms with Crippen LogP contribution in [0.25, 0.3) is 0 Å². The van der Waals surface area contributed by atoms with E-state index in [-0.39, 0.29) is 18.0 Å². The molecular weight excluding hydrogens is 406 g/mol. The SMILES string of the molecule is COc1ccc(NC(=O)C2CCCCc3nn(Cc4cccc(F)c4)c(=O)n32)cc1F. The number of nitrogens with zero attached hydrogens (tertiary/aromatic N) is 3. The number of methoxy groups -OCH3 is 1. The fourth-order valence-corrected chi connectivity index (χ4v) is 3.83. The van der Waals surface area contributed by atoms with Crippen LogP contribution in [0.15, 0.2) is 47.3 Å². The second-order valence-corrected chi connectivity index (χ2v) is 7.46. The fourth-order valence-electron chi connectivity index (χ4n) is 3.83. The largest absolute Gasteiger partial charge is 0.494 e. The van der Waals surface area contributed by atoms with Gasteiger partial charge in [0, 0.05) is 18.2 Å². The Bertz CT molecular complexity index is 1170. The van der Waals surface area contributed by atoms with Gasteiger partial charge < -0.3 is 10.1 Å². The van der Waals surface area contributed by atoms with Crippen molar-refractivity contribution >= 4 is 11.6 Å². The topological polar surface area (TPSA) is 78.2 Å². The molecule has 7 nitrogen and oxygen atoms in total. The standard InChI is InChI=1S/C22H22F2N4O3/c1-31-19-10-9-16(12-17(19)24)25-21(29)18-7-2-3-8-20-26-27(22(30)28(18)20)13-14-5-4-6-15(23)11-14/h4-6,9-12,18H,2-3,7-8,13H2,1H3,(H,25,29). The fraction of sp³-hybridized carbons (Fsp3) is 0.318. The van der Waals surface area contributed by atoms with Crippen molar-refractivity contribution in [1.29, 1.82) is 0 Å². The van der Waals surface area contributed by atoms with Gasteiger partial charge in [0.25, 0.3) is 0 Å². The number of halogens is 2. The lowest BCUT2D eigenvalue weighted by Crippen LogP contribution is -2.35. The van der Waals surface area contributed by atoms with E-state index in [1.165, 1.54) is 46.7 Å². The van der Waals surface area contributed by atoms with Crippen molar-refractivity contribution in [3.63, 3.8) is 0 Å². The maximum atomic E-state index is 14.0. The number of anilines is 1. The van der Waals surface area contributed by atoms with Gasteiger partial charge in [-0.3, -0.25) is 9.36 Å². The average Bonchev–Trinajstić information content (AvgIpc) is 2.90. The molecule has 1 atom stereocenters. The number of carbonyl (C=O) groups is 1. The van der Waals surface area contributed by atoms with E-state index in [0.29, 0.717) is 24.2 Å². The molecule has 0 radical (unpaired) electrons. The number of hydrogen-bond acceptors (Lipinski definition) is 4. The Morgan fingerprint density at radius 3 is 2.81 bits per heavy atom. The van der Waals surface area contributed by atoms with Crippen molar-refractivity contribution in [1.82, 2.24) is 14.3 Å². The van der Waals surface area contributed by atoms with E-state index in [2.05, 4.69) is 10.4 Å². The van der Waals surface area contributed by atoms with Gasteiger partial charge in [-0.15, -0.1) is 0 Å². The summed E-state index contributed by atoms with van der Waals surface area (Å²) in [6, 6.07) is 9.32. The minimum Gasteiger partial charge on any atom is -0.494 e. The zero-order valence-electron chi connectivity index (χ0n) is 17.0. The molecule has 0 bridgehead atoms. The Kier molecular flexibility index (Phi) is 5.83. The Hall–Kier alpha value is -3.49. The molecule has 31 heavy (non-hydrogen) atoms. The molecule has 0 saturated carbocycles. The van der Waals surface area contributed by atoms with E-state index in [1.807, 2.05) is 0 Å². The average molecular weight is 428 g/mol. The highest BCUT2D eigenvalue weighted by atomic mass is 19.1. The molecule has 1 aliphatic rings. The maximum Gasteiger partial charge on any atom is 0.346 e. The summed E-state index contributed by atoms with van der Waals surface area (Å²) in [4.78, 5) is 26.1. The molecule has 1 aliphatic heterocycles. The second kappa shape index (κ2) is 8.71. The molecule has 0 fully saturated rings. The lowest BCUT2D eigenvalue weighted by atomic mass is 10.1. The first kappa shape index (κ1) is 20.8. The number of aromatic nitrogens is 3. The van der Waals surface area contributed by atoms with Gasteiger partial charge in [0.2, 0.25) is 5.91 Å². The third-order valence-corrected chi connectivity index (χ3v) is 5.32. The van der Waals surface area contributed by atoms with E-state index in [4.69, 9.17) is 4.74 Å². The summed E-state index contributed by atoms with van der Waals surface area (Å²) in [5.74, 6) is -0.818. The van der Waals surface area contributed by atoms with Crippen molar-refractivity contribution in [3.8, 4) is 5.75 Å². The summed E-state index contributed by atoms with van der Waals surface area (Å²) in [5, 5.41) is 7.09. The number of ether oxygens (including phenoxy) is 1. The van der Waals surface area contributed by atoms with Gasteiger partial charge in [0.15, 0.2) is 11.6 Å². The molecule has 2 heterocycles. The summed E-state index contributed by atoms with van der Waals surface area (Å²) in [5.41, 5.74) is 0.446. The molecule has 2 aromatic carbocycles. The number of amides is 1. The van der Waals surface area contributed by atoms with Crippen molar-refractivity contribution in [3.05, 3.63) is 76.0 Å². The Morgan fingerprint density at radius 1 is 1.23 bits per heavy atom. The molecule has 1 N–H and O–H groups in total. The highest BCUT2D eigenvalue weighted by Crippen LogP contribution is 2.25. The summed E-state index contributed by atoms with van der Waals surface area (Å²) >= 11 is 0. The highest BCUT2D eigenvalue weighted by molar-refractivity contribution is 5.93. The minimum atomic E-state index is -0.767. The van der Waals surface area contributed by atoms with Crippen LogP contribution in [-0.2, 0) is 17.8 Å². The molecule has 3 aromatic rings. The van der Waals surface area contributed by atoms with Gasteiger partial charge in [0.05, 0.1) is 13.7 Å². The molecule has 4 rings (SSSR count). The first-order chi connectivity index (χ1) is 15.0. The smallest absolute Gasteiger partial charge is 0.346 e. The van der Waals surface area contributed by atoms with E-state index in [1.54, 1.807) is 12.1 Å². The summed E-state index contributed by atoms with van der Waals surface area (Å²) in [7, 11) is 1.36. The second-order valence-electron chi connectivity index (χ2n) is 7.46. The normalized spacial score (nSPS) is 15.8. The highest BCUT2D eigenvalue weighted by Gasteiger charge is 2.29. The molecule has 1 unspecified atom stereocenters. The van der Waals surface area contributed by atoms with Crippen molar-refractivity contribution in [2.75, 3.05) is 12.4 Å². The van der Waals surface area contributed by atoms with Crippen LogP contribution in [0, 0.1) is 11.6 Å². The summed E-state index contributed by atoms with van der Waals surface area (Å²) in [6.45, 7) is 0.106. The van der Waals surface area contributed by atoms with Gasteiger partial charge in [0.1, 0.15) is 17.7 Å². The molecule has 1 amide bonds. The number of benzene rings is 2. The predicted octanol–water partition coefficient (Wildman–Crippen LogP) is 3.29. The van der Waals surface area contributed by atoms with Gasteiger partial charge in [-0.2, -0.15) is 5.10 Å². The first-order valence-corrected chi connectivity index (χ1v) is 10.0. The first-order valence-electron chi connectivity index (χ1n) is 10.0. The van der Waals surface area contributed by atoms with Gasteiger partial charge >= 0.3 is 5.69 Å². The van der Waals surface area contributed by atoms with E-state index < -0.39 is 29.3 Å². The van der Waals surface area contributed by atoms with E-state index in [9.17, 15) is 18.4 Å². The van der Waals surface area contributed by atoms with Gasteiger partial charge in [-0.05, 0) is 42.7 Å². The summed E-state index contributed by atoms with van der Waals surface area (Å²) in [6.07, 6.45) is 2.56. The Labute approximate surface area is 177 Å². The molecule has 0 aliphatic carbocycles. The zero-order chi connectivity index (χ0) is 22.0. The van der Waals surface area contributed by atoms with Crippen LogP contribution >= 0.6 is 0 Å². The number of rotatable bonds is 5. The van der Waals surface area contributed by atoms with Crippen molar-refractivity contribution in [2.45, 2.75) is 38.3 Å². The van der Waals surface area contributed by atoms with Gasteiger partial charge in [-0.25, -0.2) is 18.3 Å². The monoisotopic (exact) mass is 428 g/mol. The summed E-state index contributed by atoms with van der Waals surface area (Å²) < 4.78 is 35.0. The molecule has 0 saturated heterocycles. The Balaban J connectivity index is 1.61. The van der Waals surface area contributed by atoms with Crippen LogP contribution < -0.4 is 15.7 Å². The van der Waals surface area contributed by atoms with Gasteiger partial charge in [-0.1, -0.05) is 18.6 Å². The van der Waals surface area contributed by atoms with E-state index in [0.717, 1.165) is 12.8 Å². The number of fused-ring (bicyclic) bond motifs is 1. The van der Waals surface area contributed by atoms with Crippen LogP contribution in [0.1, 0.15) is 36.7 Å². The third-order valence-electron chi connectivity index (χ3n) is 5.32. The van der Waals surface area contributed by atoms with Crippen molar-refractivity contribution in [2.24, 2.45) is 0 Å². The quantitative estimate of drug-likeness (QED) is 0.677. The van der Waals surface area contributed by atoms with Crippen LogP contribution in [0.3, 0.4) is 0 Å². The predicted molar refractivity (Wildman–Crippen MR) is 110 cm³/mol. The van der Waals surface area contributed by atoms with Crippen molar-refractivity contribution < 1.29 is 18.3 Å². The van der Waals surface area contributed by atoms with Crippen LogP contribution in [0.5, 0.6) is 5.75 Å². The molecule has 162 valence electrons. The molecule has 9 heteroatoms. The molecular formula is C22H22F2N4O3. The lowest BCUT2D eigenvalue weighted by Gasteiger charge is -2.17. The lowest BCUT2D eigenvalue weighted by molar-refractivity contribution is -0.119. The molecule has 1 aromatic heterocycles. The third kappa shape index (κ3) is 4.35. The number of hydrogen-bond donors (Lipinski definition) is 1. The zero-order valence-corrected chi connectivity index (χ0v) is 17.0. The number of aryl methyl sites for hydroxylation is 1. The molecule has 0 spiro atoms. The minimum absolute atomic E-state index is 0.0737. The van der Waals surface area contributed by atoms with Crippen LogP contribution in [0.4, 0.5) is 14.5 Å². The Morgan fingerprint density at radius 2 is 2.06 bits per heavy atom. The van der Waals surface area contributed by atoms with E-state index >= 15 is 0 Å². The maximum absolute atomic E-state index is 14.0. The van der Waals surface area contributed by atoms with Crippen LogP contribution in [-0.4, -0.2) is 27.4 Å². The van der Waals surface area contributed by atoms with Crippen LogP contribution in [0.2, 0.25) is 0 Å². The number of nitrogens with one attached hydrogen (secondary N) is 1. The number of carbonyl (C=O) groups excluding carboxylic acids is 1.